The molecule has 6 nitrogen and oxygen atoms in total. The zero-order chi connectivity index (χ0) is 14.5. The van der Waals surface area contributed by atoms with Gasteiger partial charge >= 0.3 is 0 Å². The van der Waals surface area contributed by atoms with Crippen molar-refractivity contribution < 1.29 is 17.6 Å². The summed E-state index contributed by atoms with van der Waals surface area (Å²) in [6.45, 7) is 4.75. The molecule has 0 aliphatic rings. The summed E-state index contributed by atoms with van der Waals surface area (Å²) in [7, 11) is -3.46. The van der Waals surface area contributed by atoms with E-state index in [9.17, 15) is 13.2 Å². The van der Waals surface area contributed by atoms with E-state index in [1.807, 2.05) is 13.8 Å². The fourth-order valence-electron chi connectivity index (χ4n) is 1.69. The van der Waals surface area contributed by atoms with Crippen LogP contribution in [0.2, 0.25) is 0 Å². The average molecular weight is 288 g/mol. The van der Waals surface area contributed by atoms with Crippen LogP contribution in [-0.2, 0) is 21.4 Å². The molecule has 0 saturated heterocycles. The van der Waals surface area contributed by atoms with Crippen molar-refractivity contribution in [1.82, 2.24) is 9.21 Å². The molecule has 0 saturated carbocycles. The van der Waals surface area contributed by atoms with Gasteiger partial charge in [0.25, 0.3) is 0 Å². The van der Waals surface area contributed by atoms with Crippen LogP contribution in [0.4, 0.5) is 0 Å². The Kier molecular flexibility index (Phi) is 5.56. The Hall–Kier alpha value is -1.34. The second kappa shape index (κ2) is 6.72. The molecule has 1 rings (SSSR count). The van der Waals surface area contributed by atoms with Crippen molar-refractivity contribution in [3.8, 4) is 0 Å². The van der Waals surface area contributed by atoms with Crippen LogP contribution in [0.15, 0.2) is 22.8 Å². The third-order valence-corrected chi connectivity index (χ3v) is 4.01. The number of amides is 1. The summed E-state index contributed by atoms with van der Waals surface area (Å²) in [5, 5.41) is 0. The lowest BCUT2D eigenvalue weighted by atomic mass is 10.4. The Balaban J connectivity index is 2.79. The van der Waals surface area contributed by atoms with Gasteiger partial charge < -0.3 is 9.32 Å². The summed E-state index contributed by atoms with van der Waals surface area (Å²) in [6.07, 6.45) is 2.56. The van der Waals surface area contributed by atoms with Gasteiger partial charge in [-0.1, -0.05) is 0 Å². The van der Waals surface area contributed by atoms with E-state index in [0.717, 1.165) is 10.6 Å². The first kappa shape index (κ1) is 15.7. The molecule has 19 heavy (non-hydrogen) atoms. The standard InChI is InChI=1S/C12H20N2O4S/c1-4-13(5-2)12(15)10-14(19(3,16)17)9-11-7-6-8-18-11/h6-8H,4-5,9-10H2,1-3H3. The van der Waals surface area contributed by atoms with Crippen molar-refractivity contribution in [3.63, 3.8) is 0 Å². The molecule has 1 heterocycles. The maximum atomic E-state index is 12.0. The van der Waals surface area contributed by atoms with E-state index in [1.54, 1.807) is 17.0 Å². The molecule has 108 valence electrons. The SMILES string of the molecule is CCN(CC)C(=O)CN(Cc1ccco1)S(C)(=O)=O. The predicted octanol–water partition coefficient (Wildman–Crippen LogP) is 0.910. The van der Waals surface area contributed by atoms with Crippen molar-refractivity contribution >= 4 is 15.9 Å². The van der Waals surface area contributed by atoms with Gasteiger partial charge in [0.2, 0.25) is 15.9 Å². The normalized spacial score (nSPS) is 11.8. The molecular weight excluding hydrogens is 268 g/mol. The minimum atomic E-state index is -3.46. The number of nitrogens with zero attached hydrogens (tertiary/aromatic N) is 2. The number of hydrogen-bond donors (Lipinski definition) is 0. The molecule has 0 aliphatic heterocycles. The molecule has 0 aliphatic carbocycles. The third kappa shape index (κ3) is 4.68. The van der Waals surface area contributed by atoms with Crippen molar-refractivity contribution in [2.45, 2.75) is 20.4 Å². The van der Waals surface area contributed by atoms with Gasteiger partial charge in [0.15, 0.2) is 0 Å². The van der Waals surface area contributed by atoms with E-state index >= 15 is 0 Å². The van der Waals surface area contributed by atoms with Crippen LogP contribution in [0.3, 0.4) is 0 Å². The molecule has 7 heteroatoms. The van der Waals surface area contributed by atoms with E-state index in [2.05, 4.69) is 0 Å². The first-order chi connectivity index (χ1) is 8.88. The highest BCUT2D eigenvalue weighted by Gasteiger charge is 2.23. The minimum Gasteiger partial charge on any atom is -0.468 e. The summed E-state index contributed by atoms with van der Waals surface area (Å²) in [5.41, 5.74) is 0. The van der Waals surface area contributed by atoms with Gasteiger partial charge in [-0.3, -0.25) is 4.79 Å². The van der Waals surface area contributed by atoms with Crippen LogP contribution < -0.4 is 0 Å². The van der Waals surface area contributed by atoms with Crippen molar-refractivity contribution in [2.75, 3.05) is 25.9 Å². The molecule has 0 N–H and O–H groups in total. The second-order valence-corrected chi connectivity index (χ2v) is 6.16. The lowest BCUT2D eigenvalue weighted by Gasteiger charge is -2.23. The van der Waals surface area contributed by atoms with Gasteiger partial charge in [-0.25, -0.2) is 8.42 Å². The third-order valence-electron chi connectivity index (χ3n) is 2.81. The number of sulfonamides is 1. The van der Waals surface area contributed by atoms with Crippen molar-refractivity contribution in [1.29, 1.82) is 0 Å². The molecular formula is C12H20N2O4S. The molecule has 0 bridgehead atoms. The summed E-state index contributed by atoms with van der Waals surface area (Å²) >= 11 is 0. The van der Waals surface area contributed by atoms with Gasteiger partial charge in [0.05, 0.1) is 25.6 Å². The van der Waals surface area contributed by atoms with Crippen LogP contribution >= 0.6 is 0 Å². The fraction of sp³-hybridized carbons (Fsp3) is 0.583. The van der Waals surface area contributed by atoms with E-state index in [1.165, 1.54) is 6.26 Å². The number of rotatable bonds is 7. The number of likely N-dealkylation sites (N-methyl/N-ethyl adjacent to an activating group) is 1. The zero-order valence-corrected chi connectivity index (χ0v) is 12.3. The molecule has 0 atom stereocenters. The monoisotopic (exact) mass is 288 g/mol. The smallest absolute Gasteiger partial charge is 0.237 e. The maximum Gasteiger partial charge on any atom is 0.237 e. The van der Waals surface area contributed by atoms with E-state index < -0.39 is 10.0 Å². The van der Waals surface area contributed by atoms with Gasteiger partial charge in [0.1, 0.15) is 5.76 Å². The molecule has 1 aromatic rings. The van der Waals surface area contributed by atoms with Crippen molar-refractivity contribution in [2.24, 2.45) is 0 Å². The van der Waals surface area contributed by atoms with Gasteiger partial charge in [-0.05, 0) is 26.0 Å². The Morgan fingerprint density at radius 2 is 1.95 bits per heavy atom. The summed E-state index contributed by atoms with van der Waals surface area (Å²) in [6, 6.07) is 3.36. The molecule has 0 unspecified atom stereocenters. The van der Waals surface area contributed by atoms with E-state index in [0.29, 0.717) is 18.8 Å². The zero-order valence-electron chi connectivity index (χ0n) is 11.5. The summed E-state index contributed by atoms with van der Waals surface area (Å²) in [5.74, 6) is 0.305. The molecule has 1 amide bonds. The predicted molar refractivity (Wildman–Crippen MR) is 71.9 cm³/mol. The highest BCUT2D eigenvalue weighted by molar-refractivity contribution is 7.88. The van der Waals surface area contributed by atoms with Crippen LogP contribution in [0, 0.1) is 0 Å². The number of hydrogen-bond acceptors (Lipinski definition) is 4. The highest BCUT2D eigenvalue weighted by atomic mass is 32.2. The molecule has 0 aromatic carbocycles. The first-order valence-corrected chi connectivity index (χ1v) is 7.98. The molecule has 0 radical (unpaired) electrons. The first-order valence-electron chi connectivity index (χ1n) is 6.13. The van der Waals surface area contributed by atoms with Crippen LogP contribution in [0.5, 0.6) is 0 Å². The van der Waals surface area contributed by atoms with E-state index in [4.69, 9.17) is 4.42 Å². The largest absolute Gasteiger partial charge is 0.468 e. The average Bonchev–Trinajstić information content (AvgIpc) is 2.81. The number of carbonyl (C=O) groups excluding carboxylic acids is 1. The minimum absolute atomic E-state index is 0.0683. The van der Waals surface area contributed by atoms with Crippen molar-refractivity contribution in [3.05, 3.63) is 24.2 Å². The molecule has 0 spiro atoms. The number of furan rings is 1. The Bertz CT molecular complexity index is 492. The molecule has 1 aromatic heterocycles. The molecule has 0 fully saturated rings. The van der Waals surface area contributed by atoms with Gasteiger partial charge in [0, 0.05) is 13.1 Å². The topological polar surface area (TPSA) is 70.8 Å². The maximum absolute atomic E-state index is 12.0. The van der Waals surface area contributed by atoms with Crippen LogP contribution in [0.1, 0.15) is 19.6 Å². The van der Waals surface area contributed by atoms with Crippen LogP contribution in [0.25, 0.3) is 0 Å². The lowest BCUT2D eigenvalue weighted by molar-refractivity contribution is -0.131. The Morgan fingerprint density at radius 1 is 1.32 bits per heavy atom. The summed E-state index contributed by atoms with van der Waals surface area (Å²) < 4.78 is 29.7. The quantitative estimate of drug-likeness (QED) is 0.747. The fourth-order valence-corrected chi connectivity index (χ4v) is 2.40. The van der Waals surface area contributed by atoms with Gasteiger partial charge in [-0.2, -0.15) is 4.31 Å². The second-order valence-electron chi connectivity index (χ2n) is 4.18. The highest BCUT2D eigenvalue weighted by Crippen LogP contribution is 2.09. The van der Waals surface area contributed by atoms with Gasteiger partial charge in [-0.15, -0.1) is 0 Å². The lowest BCUT2D eigenvalue weighted by Crippen LogP contribution is -2.42. The Morgan fingerprint density at radius 3 is 2.37 bits per heavy atom. The Labute approximate surface area is 114 Å². The van der Waals surface area contributed by atoms with E-state index in [-0.39, 0.29) is 19.0 Å². The summed E-state index contributed by atoms with van der Waals surface area (Å²) in [4.78, 5) is 13.6. The van der Waals surface area contributed by atoms with Crippen LogP contribution in [-0.4, -0.2) is 49.4 Å². The number of carbonyl (C=O) groups is 1.